The Morgan fingerprint density at radius 2 is 1.38 bits per heavy atom. The Balaban J connectivity index is 1.96. The molecule has 0 radical (unpaired) electrons. The third-order valence-corrected chi connectivity index (χ3v) is 7.36. The molecule has 3 rings (SSSR count). The van der Waals surface area contributed by atoms with E-state index >= 15 is 0 Å². The van der Waals surface area contributed by atoms with E-state index in [9.17, 15) is 26.7 Å². The molecule has 3 aromatic carbocycles. The van der Waals surface area contributed by atoms with Crippen LogP contribution >= 0.6 is 11.6 Å². The second-order valence-corrected chi connectivity index (χ2v) is 9.93. The summed E-state index contributed by atoms with van der Waals surface area (Å²) in [5.41, 5.74) is -0.314. The molecule has 0 unspecified atom stereocenters. The summed E-state index contributed by atoms with van der Waals surface area (Å²) in [6.45, 7) is 0. The molecule has 3 aromatic rings. The number of nitrogens with one attached hydrogen (secondary N) is 1. The number of carbonyl (C=O) groups excluding carboxylic acids is 1. The molecular formula is C19H14ClNO6S2. The Morgan fingerprint density at radius 1 is 0.793 bits per heavy atom. The van der Waals surface area contributed by atoms with Gasteiger partial charge in [0.25, 0.3) is 15.9 Å². The van der Waals surface area contributed by atoms with Crippen molar-refractivity contribution in [3.8, 4) is 5.75 Å². The van der Waals surface area contributed by atoms with Crippen LogP contribution in [0.3, 0.4) is 0 Å². The van der Waals surface area contributed by atoms with Gasteiger partial charge in [-0.2, -0.15) is 0 Å². The lowest BCUT2D eigenvalue weighted by molar-refractivity contribution is 0.0981. The Bertz CT molecular complexity index is 1270. The number of halogens is 1. The molecule has 0 aliphatic heterocycles. The first kappa shape index (κ1) is 20.8. The monoisotopic (exact) mass is 451 g/mol. The SMILES string of the molecule is O=C(NS(=O)(=O)c1ccc(O)cc1)c1cc(S(=O)(=O)c2ccccc2)ccc1Cl. The van der Waals surface area contributed by atoms with Gasteiger partial charge in [0.1, 0.15) is 5.75 Å². The van der Waals surface area contributed by atoms with E-state index < -0.39 is 25.8 Å². The van der Waals surface area contributed by atoms with Gasteiger partial charge in [0.2, 0.25) is 9.84 Å². The van der Waals surface area contributed by atoms with E-state index in [0.717, 1.165) is 30.3 Å². The van der Waals surface area contributed by atoms with Crippen LogP contribution in [0.25, 0.3) is 0 Å². The molecule has 0 aliphatic carbocycles. The van der Waals surface area contributed by atoms with Gasteiger partial charge in [0.15, 0.2) is 0 Å². The van der Waals surface area contributed by atoms with Crippen LogP contribution in [0.5, 0.6) is 5.75 Å². The maximum atomic E-state index is 12.7. The Kier molecular flexibility index (Phi) is 5.65. The van der Waals surface area contributed by atoms with Crippen molar-refractivity contribution in [2.24, 2.45) is 0 Å². The summed E-state index contributed by atoms with van der Waals surface area (Å²) in [5, 5.41) is 9.15. The molecule has 2 N–H and O–H groups in total. The molecule has 0 spiro atoms. The molecule has 0 aliphatic rings. The fraction of sp³-hybridized carbons (Fsp3) is 0. The summed E-state index contributed by atoms with van der Waals surface area (Å²) in [6.07, 6.45) is 0. The maximum absolute atomic E-state index is 12.7. The summed E-state index contributed by atoms with van der Waals surface area (Å²) >= 11 is 6.00. The quantitative estimate of drug-likeness (QED) is 0.615. The van der Waals surface area contributed by atoms with E-state index in [1.54, 1.807) is 18.2 Å². The number of hydrogen-bond donors (Lipinski definition) is 2. The Hall–Kier alpha value is -2.88. The minimum absolute atomic E-state index is 0.0189. The van der Waals surface area contributed by atoms with E-state index in [1.807, 2.05) is 4.72 Å². The molecule has 0 saturated heterocycles. The van der Waals surface area contributed by atoms with Gasteiger partial charge in [0, 0.05) is 0 Å². The number of carbonyl (C=O) groups is 1. The minimum Gasteiger partial charge on any atom is -0.508 e. The lowest BCUT2D eigenvalue weighted by Crippen LogP contribution is -2.30. The van der Waals surface area contributed by atoms with Crippen LogP contribution in [0.1, 0.15) is 10.4 Å². The van der Waals surface area contributed by atoms with E-state index in [0.29, 0.717) is 0 Å². The van der Waals surface area contributed by atoms with Crippen LogP contribution < -0.4 is 4.72 Å². The number of rotatable bonds is 5. The van der Waals surface area contributed by atoms with E-state index in [1.165, 1.54) is 24.3 Å². The number of phenols is 1. The molecule has 0 saturated carbocycles. The molecule has 10 heteroatoms. The molecular weight excluding hydrogens is 438 g/mol. The summed E-state index contributed by atoms with van der Waals surface area (Å²) in [6, 6.07) is 15.6. The molecule has 0 atom stereocenters. The lowest BCUT2D eigenvalue weighted by Gasteiger charge is -2.10. The normalized spacial score (nSPS) is 11.8. The van der Waals surface area contributed by atoms with Gasteiger partial charge in [-0.1, -0.05) is 29.8 Å². The van der Waals surface area contributed by atoms with Gasteiger partial charge in [-0.25, -0.2) is 21.6 Å². The number of aromatic hydroxyl groups is 1. The molecule has 0 fully saturated rings. The van der Waals surface area contributed by atoms with Gasteiger partial charge < -0.3 is 5.11 Å². The average Bonchev–Trinajstić information content (AvgIpc) is 2.68. The predicted molar refractivity (Wildman–Crippen MR) is 106 cm³/mol. The Labute approximate surface area is 172 Å². The maximum Gasteiger partial charge on any atom is 0.266 e. The first-order valence-corrected chi connectivity index (χ1v) is 11.4. The fourth-order valence-electron chi connectivity index (χ4n) is 2.44. The first-order valence-electron chi connectivity index (χ1n) is 8.07. The highest BCUT2D eigenvalue weighted by Crippen LogP contribution is 2.26. The summed E-state index contributed by atoms with van der Waals surface area (Å²) in [4.78, 5) is 12.1. The zero-order valence-corrected chi connectivity index (χ0v) is 17.0. The third kappa shape index (κ3) is 4.42. The second kappa shape index (κ2) is 7.86. The highest BCUT2D eigenvalue weighted by molar-refractivity contribution is 7.91. The number of sulfonamides is 1. The molecule has 0 bridgehead atoms. The largest absolute Gasteiger partial charge is 0.508 e. The van der Waals surface area contributed by atoms with Crippen LogP contribution in [0, 0.1) is 0 Å². The zero-order valence-electron chi connectivity index (χ0n) is 14.6. The molecule has 0 heterocycles. The van der Waals surface area contributed by atoms with Crippen LogP contribution in [-0.4, -0.2) is 27.8 Å². The van der Waals surface area contributed by atoms with Gasteiger partial charge in [0.05, 0.1) is 25.3 Å². The van der Waals surface area contributed by atoms with Crippen LogP contribution in [-0.2, 0) is 19.9 Å². The van der Waals surface area contributed by atoms with Gasteiger partial charge in [-0.3, -0.25) is 4.79 Å². The molecule has 29 heavy (non-hydrogen) atoms. The predicted octanol–water partition coefficient (Wildman–Crippen LogP) is 3.00. The van der Waals surface area contributed by atoms with Crippen molar-refractivity contribution in [3.05, 3.63) is 83.4 Å². The fourth-order valence-corrected chi connectivity index (χ4v) is 4.92. The highest BCUT2D eigenvalue weighted by atomic mass is 35.5. The summed E-state index contributed by atoms with van der Waals surface area (Å²) < 4.78 is 52.1. The summed E-state index contributed by atoms with van der Waals surface area (Å²) in [7, 11) is -8.19. The lowest BCUT2D eigenvalue weighted by atomic mass is 10.2. The van der Waals surface area contributed by atoms with Gasteiger partial charge in [-0.15, -0.1) is 0 Å². The number of amides is 1. The highest BCUT2D eigenvalue weighted by Gasteiger charge is 2.24. The van der Waals surface area contributed by atoms with Gasteiger partial charge in [-0.05, 0) is 54.6 Å². The van der Waals surface area contributed by atoms with Crippen molar-refractivity contribution in [2.75, 3.05) is 0 Å². The first-order chi connectivity index (χ1) is 13.6. The van der Waals surface area contributed by atoms with E-state index in [2.05, 4.69) is 0 Å². The van der Waals surface area contributed by atoms with Crippen molar-refractivity contribution >= 4 is 37.4 Å². The third-order valence-electron chi connectivity index (χ3n) is 3.92. The van der Waals surface area contributed by atoms with Crippen molar-refractivity contribution in [3.63, 3.8) is 0 Å². The number of hydrogen-bond acceptors (Lipinski definition) is 6. The standard InChI is InChI=1S/C19H14ClNO6S2/c20-18-11-10-16(28(24,25)14-4-2-1-3-5-14)12-17(18)19(23)21-29(26,27)15-8-6-13(22)7-9-15/h1-12,22H,(H,21,23). The molecule has 7 nitrogen and oxygen atoms in total. The van der Waals surface area contributed by atoms with Crippen molar-refractivity contribution in [2.45, 2.75) is 14.7 Å². The van der Waals surface area contributed by atoms with Crippen molar-refractivity contribution < 1.29 is 26.7 Å². The molecule has 0 aromatic heterocycles. The minimum atomic E-state index is -4.26. The van der Waals surface area contributed by atoms with Gasteiger partial charge >= 0.3 is 0 Å². The van der Waals surface area contributed by atoms with E-state index in [4.69, 9.17) is 11.6 Å². The summed E-state index contributed by atoms with van der Waals surface area (Å²) in [5.74, 6) is -1.23. The molecule has 1 amide bonds. The van der Waals surface area contributed by atoms with Crippen molar-refractivity contribution in [1.82, 2.24) is 4.72 Å². The van der Waals surface area contributed by atoms with Crippen molar-refractivity contribution in [1.29, 1.82) is 0 Å². The Morgan fingerprint density at radius 3 is 2.00 bits per heavy atom. The number of sulfone groups is 1. The zero-order chi connectivity index (χ0) is 21.2. The number of benzene rings is 3. The topological polar surface area (TPSA) is 118 Å². The average molecular weight is 452 g/mol. The second-order valence-electron chi connectivity index (χ2n) is 5.89. The van der Waals surface area contributed by atoms with Crippen LogP contribution in [0.15, 0.2) is 87.5 Å². The van der Waals surface area contributed by atoms with Crippen LogP contribution in [0.2, 0.25) is 5.02 Å². The number of phenolic OH excluding ortho intramolecular Hbond substituents is 1. The smallest absolute Gasteiger partial charge is 0.266 e. The van der Waals surface area contributed by atoms with Crippen LogP contribution in [0.4, 0.5) is 0 Å². The van der Waals surface area contributed by atoms with E-state index in [-0.39, 0.29) is 31.0 Å². The molecule has 150 valence electrons.